The van der Waals surface area contributed by atoms with Crippen LogP contribution < -0.4 is 5.56 Å². The number of benzene rings is 2. The van der Waals surface area contributed by atoms with Gasteiger partial charge < -0.3 is 4.74 Å². The lowest BCUT2D eigenvalue weighted by Gasteiger charge is -2.13. The van der Waals surface area contributed by atoms with Crippen molar-refractivity contribution in [2.24, 2.45) is 0 Å². The minimum Gasteiger partial charge on any atom is -0.465 e. The van der Waals surface area contributed by atoms with Crippen LogP contribution in [0.2, 0.25) is 0 Å². The molecule has 0 aliphatic heterocycles. The molecule has 0 N–H and O–H groups in total. The summed E-state index contributed by atoms with van der Waals surface area (Å²) in [6, 6.07) is 13.0. The van der Waals surface area contributed by atoms with Gasteiger partial charge in [0.05, 0.1) is 29.8 Å². The van der Waals surface area contributed by atoms with E-state index in [9.17, 15) is 14.0 Å². The van der Waals surface area contributed by atoms with E-state index in [1.165, 1.54) is 16.7 Å². The molecule has 1 aromatic heterocycles. The molecule has 26 heavy (non-hydrogen) atoms. The normalized spacial score (nSPS) is 10.8. The predicted molar refractivity (Wildman–Crippen MR) is 98.9 cm³/mol. The number of ether oxygens (including phenoxy) is 1. The summed E-state index contributed by atoms with van der Waals surface area (Å²) >= 11 is 1.15. The number of hydrogen-bond donors (Lipinski definition) is 0. The van der Waals surface area contributed by atoms with Gasteiger partial charge in [-0.2, -0.15) is 0 Å². The minimum atomic E-state index is -0.367. The Morgan fingerprint density at radius 2 is 1.92 bits per heavy atom. The fraction of sp³-hybridized carbons (Fsp3) is 0.211. The van der Waals surface area contributed by atoms with Crippen molar-refractivity contribution in [3.05, 3.63) is 70.3 Å². The van der Waals surface area contributed by atoms with Crippen molar-refractivity contribution >= 4 is 28.6 Å². The van der Waals surface area contributed by atoms with E-state index < -0.39 is 0 Å². The Labute approximate surface area is 153 Å². The summed E-state index contributed by atoms with van der Waals surface area (Å²) in [4.78, 5) is 29.1. The van der Waals surface area contributed by atoms with E-state index in [4.69, 9.17) is 4.74 Å². The molecule has 0 spiro atoms. The number of hydrogen-bond acceptors (Lipinski definition) is 5. The number of thioether (sulfide) groups is 1. The molecule has 0 saturated heterocycles. The molecule has 0 aliphatic rings. The third-order valence-corrected chi connectivity index (χ3v) is 4.65. The number of esters is 1. The highest BCUT2D eigenvalue weighted by Gasteiger charge is 2.14. The number of rotatable bonds is 6. The van der Waals surface area contributed by atoms with Gasteiger partial charge in [0, 0.05) is 0 Å². The van der Waals surface area contributed by atoms with Crippen LogP contribution in [0.3, 0.4) is 0 Å². The molecule has 3 aromatic rings. The lowest BCUT2D eigenvalue weighted by Crippen LogP contribution is -2.24. The highest BCUT2D eigenvalue weighted by atomic mass is 32.2. The topological polar surface area (TPSA) is 61.2 Å². The van der Waals surface area contributed by atoms with Crippen LogP contribution in [0, 0.1) is 5.82 Å². The van der Waals surface area contributed by atoms with Gasteiger partial charge in [-0.1, -0.05) is 36.0 Å². The first-order valence-electron chi connectivity index (χ1n) is 8.11. The van der Waals surface area contributed by atoms with Gasteiger partial charge in [-0.3, -0.25) is 14.2 Å². The van der Waals surface area contributed by atoms with Gasteiger partial charge in [0.25, 0.3) is 5.56 Å². The smallest absolute Gasteiger partial charge is 0.316 e. The van der Waals surface area contributed by atoms with Crippen molar-refractivity contribution in [1.82, 2.24) is 9.55 Å². The Morgan fingerprint density at radius 1 is 1.19 bits per heavy atom. The molecule has 0 aliphatic carbocycles. The Balaban J connectivity index is 2.01. The van der Waals surface area contributed by atoms with Crippen LogP contribution in [0.15, 0.2) is 58.5 Å². The fourth-order valence-corrected chi connectivity index (χ4v) is 3.29. The van der Waals surface area contributed by atoms with Gasteiger partial charge in [-0.25, -0.2) is 9.37 Å². The maximum atomic E-state index is 13.1. The number of nitrogens with zero attached hydrogens (tertiary/aromatic N) is 2. The van der Waals surface area contributed by atoms with Crippen molar-refractivity contribution in [1.29, 1.82) is 0 Å². The van der Waals surface area contributed by atoms with E-state index >= 15 is 0 Å². The van der Waals surface area contributed by atoms with Crippen molar-refractivity contribution in [3.8, 4) is 0 Å². The molecule has 134 valence electrons. The summed E-state index contributed by atoms with van der Waals surface area (Å²) in [5.74, 6) is -0.648. The predicted octanol–water partition coefficient (Wildman–Crippen LogP) is 3.24. The molecule has 0 saturated carbocycles. The first-order valence-corrected chi connectivity index (χ1v) is 9.09. The summed E-state index contributed by atoms with van der Waals surface area (Å²) in [5, 5.41) is 0.918. The number of carbonyl (C=O) groups is 1. The molecule has 0 unspecified atom stereocenters. The lowest BCUT2D eigenvalue weighted by molar-refractivity contribution is -0.139. The van der Waals surface area contributed by atoms with Crippen molar-refractivity contribution in [3.63, 3.8) is 0 Å². The minimum absolute atomic E-state index is 0.0576. The maximum Gasteiger partial charge on any atom is 0.316 e. The molecule has 1 heterocycles. The van der Waals surface area contributed by atoms with Crippen LogP contribution >= 0.6 is 11.8 Å². The second-order valence-electron chi connectivity index (χ2n) is 5.52. The average molecular weight is 372 g/mol. The zero-order chi connectivity index (χ0) is 18.5. The molecular weight excluding hydrogens is 355 g/mol. The standard InChI is InChI=1S/C19H17FN2O3S/c1-2-25-17(23)12-26-19-21-16-6-4-3-5-15(16)18(24)22(19)11-13-7-9-14(20)10-8-13/h3-10H,2,11-12H2,1H3. The summed E-state index contributed by atoms with van der Waals surface area (Å²) in [6.07, 6.45) is 0. The monoisotopic (exact) mass is 372 g/mol. The van der Waals surface area contributed by atoms with Crippen LogP contribution in [-0.2, 0) is 16.1 Å². The molecule has 0 radical (unpaired) electrons. The molecule has 7 heteroatoms. The molecular formula is C19H17FN2O3S. The molecule has 3 rings (SSSR count). The van der Waals surface area contributed by atoms with Crippen molar-refractivity contribution in [2.75, 3.05) is 12.4 Å². The second kappa shape index (κ2) is 8.14. The van der Waals surface area contributed by atoms with E-state index in [0.717, 1.165) is 17.3 Å². The Hall–Kier alpha value is -2.67. The van der Waals surface area contributed by atoms with Gasteiger partial charge >= 0.3 is 5.97 Å². The van der Waals surface area contributed by atoms with Gasteiger partial charge in [-0.15, -0.1) is 0 Å². The fourth-order valence-electron chi connectivity index (χ4n) is 2.50. The molecule has 2 aromatic carbocycles. The van der Waals surface area contributed by atoms with Crippen LogP contribution in [0.5, 0.6) is 0 Å². The summed E-state index contributed by atoms with van der Waals surface area (Å²) in [6.45, 7) is 2.27. The highest BCUT2D eigenvalue weighted by molar-refractivity contribution is 7.99. The van der Waals surface area contributed by atoms with Gasteiger partial charge in [0.1, 0.15) is 5.82 Å². The number of aromatic nitrogens is 2. The van der Waals surface area contributed by atoms with E-state index in [1.54, 1.807) is 43.3 Å². The van der Waals surface area contributed by atoms with Gasteiger partial charge in [0.2, 0.25) is 0 Å². The lowest BCUT2D eigenvalue weighted by atomic mass is 10.2. The van der Waals surface area contributed by atoms with E-state index in [1.807, 2.05) is 0 Å². The zero-order valence-electron chi connectivity index (χ0n) is 14.1. The van der Waals surface area contributed by atoms with Gasteiger partial charge in [-0.05, 0) is 36.8 Å². The van der Waals surface area contributed by atoms with Crippen LogP contribution in [0.1, 0.15) is 12.5 Å². The summed E-state index contributed by atoms with van der Waals surface area (Å²) in [5.41, 5.74) is 1.13. The van der Waals surface area contributed by atoms with Crippen LogP contribution in [0.4, 0.5) is 4.39 Å². The van der Waals surface area contributed by atoms with Gasteiger partial charge in [0.15, 0.2) is 5.16 Å². The molecule has 0 atom stereocenters. The first-order chi connectivity index (χ1) is 12.6. The zero-order valence-corrected chi connectivity index (χ0v) is 15.0. The third kappa shape index (κ3) is 4.11. The quantitative estimate of drug-likeness (QED) is 0.378. The van der Waals surface area contributed by atoms with E-state index in [0.29, 0.717) is 22.7 Å². The number of halogens is 1. The average Bonchev–Trinajstić information content (AvgIpc) is 2.64. The van der Waals surface area contributed by atoms with Crippen molar-refractivity contribution in [2.45, 2.75) is 18.6 Å². The Bertz CT molecular complexity index is 986. The molecule has 0 bridgehead atoms. The highest BCUT2D eigenvalue weighted by Crippen LogP contribution is 2.19. The Morgan fingerprint density at radius 3 is 2.65 bits per heavy atom. The summed E-state index contributed by atoms with van der Waals surface area (Å²) in [7, 11) is 0. The third-order valence-electron chi connectivity index (χ3n) is 3.70. The number of carbonyl (C=O) groups excluding carboxylic acids is 1. The van der Waals surface area contributed by atoms with Crippen LogP contribution in [-0.4, -0.2) is 27.9 Å². The number of fused-ring (bicyclic) bond motifs is 1. The second-order valence-corrected chi connectivity index (χ2v) is 6.47. The number of para-hydroxylation sites is 1. The van der Waals surface area contributed by atoms with E-state index in [-0.39, 0.29) is 29.6 Å². The Kier molecular flexibility index (Phi) is 5.68. The molecule has 5 nitrogen and oxygen atoms in total. The van der Waals surface area contributed by atoms with Crippen LogP contribution in [0.25, 0.3) is 10.9 Å². The van der Waals surface area contributed by atoms with Crippen molar-refractivity contribution < 1.29 is 13.9 Å². The first kappa shape index (κ1) is 18.1. The summed E-state index contributed by atoms with van der Waals surface area (Å²) < 4.78 is 19.6. The SMILES string of the molecule is CCOC(=O)CSc1nc2ccccc2c(=O)n1Cc1ccc(F)cc1. The largest absolute Gasteiger partial charge is 0.465 e. The maximum absolute atomic E-state index is 13.1. The molecule has 0 amide bonds. The van der Waals surface area contributed by atoms with E-state index in [2.05, 4.69) is 4.98 Å². The molecule has 0 fully saturated rings.